The summed E-state index contributed by atoms with van der Waals surface area (Å²) >= 11 is 0. The lowest BCUT2D eigenvalue weighted by atomic mass is 10.0. The first kappa shape index (κ1) is 22.1. The first-order chi connectivity index (χ1) is 11.8. The predicted molar refractivity (Wildman–Crippen MR) is 120 cm³/mol. The Bertz CT molecular complexity index is 480. The summed E-state index contributed by atoms with van der Waals surface area (Å²) in [5.41, 5.74) is 1.34. The van der Waals surface area contributed by atoms with E-state index in [4.69, 9.17) is 4.99 Å². The van der Waals surface area contributed by atoms with Gasteiger partial charge in [0.1, 0.15) is 0 Å². The van der Waals surface area contributed by atoms with E-state index in [1.54, 1.807) is 0 Å². The van der Waals surface area contributed by atoms with Gasteiger partial charge in [-0.1, -0.05) is 44.9 Å². The van der Waals surface area contributed by atoms with E-state index in [-0.39, 0.29) is 24.0 Å². The Morgan fingerprint density at radius 3 is 2.32 bits per heavy atom. The zero-order chi connectivity index (χ0) is 17.2. The molecule has 2 rings (SSSR count). The van der Waals surface area contributed by atoms with Gasteiger partial charge in [0.25, 0.3) is 0 Å². The third-order valence-corrected chi connectivity index (χ3v) is 4.96. The fraction of sp³-hybridized carbons (Fsp3) is 0.650. The summed E-state index contributed by atoms with van der Waals surface area (Å²) in [5, 5.41) is 7.05. The van der Waals surface area contributed by atoms with Crippen molar-refractivity contribution in [2.24, 2.45) is 10.9 Å². The van der Waals surface area contributed by atoms with Crippen molar-refractivity contribution in [3.63, 3.8) is 0 Å². The van der Waals surface area contributed by atoms with Crippen molar-refractivity contribution in [3.8, 4) is 0 Å². The van der Waals surface area contributed by atoms with Crippen molar-refractivity contribution >= 4 is 35.6 Å². The minimum atomic E-state index is 0. The third-order valence-electron chi connectivity index (χ3n) is 4.96. The van der Waals surface area contributed by atoms with E-state index in [1.165, 1.54) is 18.5 Å². The van der Waals surface area contributed by atoms with Gasteiger partial charge in [0, 0.05) is 37.9 Å². The van der Waals surface area contributed by atoms with Gasteiger partial charge in [0.15, 0.2) is 5.96 Å². The van der Waals surface area contributed by atoms with Gasteiger partial charge >= 0.3 is 0 Å². The van der Waals surface area contributed by atoms with E-state index < -0.39 is 0 Å². The van der Waals surface area contributed by atoms with E-state index in [2.05, 4.69) is 66.6 Å². The van der Waals surface area contributed by atoms with Crippen LogP contribution in [0.5, 0.6) is 0 Å². The molecule has 1 heterocycles. The van der Waals surface area contributed by atoms with Gasteiger partial charge in [0.05, 0.1) is 0 Å². The number of para-hydroxylation sites is 1. The Kier molecular flexibility index (Phi) is 10.9. The smallest absolute Gasteiger partial charge is 0.191 e. The molecule has 0 amide bonds. The molecule has 2 N–H and O–H groups in total. The van der Waals surface area contributed by atoms with Crippen molar-refractivity contribution in [2.45, 2.75) is 52.5 Å². The summed E-state index contributed by atoms with van der Waals surface area (Å²) in [7, 11) is 0. The van der Waals surface area contributed by atoms with Crippen LogP contribution in [-0.2, 0) is 0 Å². The lowest BCUT2D eigenvalue weighted by molar-refractivity contribution is 0.458. The van der Waals surface area contributed by atoms with E-state index >= 15 is 0 Å². The summed E-state index contributed by atoms with van der Waals surface area (Å²) in [4.78, 5) is 7.29. The monoisotopic (exact) mass is 458 g/mol. The van der Waals surface area contributed by atoms with Crippen LogP contribution >= 0.6 is 24.0 Å². The number of halogens is 1. The number of nitrogens with one attached hydrogen (secondary N) is 2. The number of rotatable bonds is 7. The number of benzene rings is 1. The van der Waals surface area contributed by atoms with Crippen LogP contribution in [0.1, 0.15) is 46.5 Å². The molecule has 0 aromatic heterocycles. The molecule has 1 fully saturated rings. The standard InChI is InChI=1S/C20H34N4.HI/c1-4-17(5-2)16-22-20(21-6-3)23-18-12-14-24(15-13-18)19-10-8-7-9-11-19;/h7-11,17-18H,4-6,12-16H2,1-3H3,(H2,21,22,23);1H. The second-order valence-electron chi connectivity index (χ2n) is 6.64. The highest BCUT2D eigenvalue weighted by Crippen LogP contribution is 2.19. The lowest BCUT2D eigenvalue weighted by Gasteiger charge is -2.34. The van der Waals surface area contributed by atoms with Crippen LogP contribution in [0.15, 0.2) is 35.3 Å². The molecule has 0 bridgehead atoms. The topological polar surface area (TPSA) is 39.7 Å². The second-order valence-corrected chi connectivity index (χ2v) is 6.64. The van der Waals surface area contributed by atoms with Crippen LogP contribution in [0.3, 0.4) is 0 Å². The molecule has 0 aliphatic carbocycles. The molecule has 0 atom stereocenters. The molecule has 0 spiro atoms. The average molecular weight is 458 g/mol. The summed E-state index contributed by atoms with van der Waals surface area (Å²) in [6.07, 6.45) is 4.72. The van der Waals surface area contributed by atoms with E-state index in [9.17, 15) is 0 Å². The van der Waals surface area contributed by atoms with Gasteiger partial charge < -0.3 is 15.5 Å². The highest BCUT2D eigenvalue weighted by molar-refractivity contribution is 14.0. The third kappa shape index (κ3) is 7.42. The molecular weight excluding hydrogens is 423 g/mol. The van der Waals surface area contributed by atoms with Crippen molar-refractivity contribution in [1.82, 2.24) is 10.6 Å². The Balaban J connectivity index is 0.00000312. The molecular formula is C20H35IN4. The molecule has 4 nitrogen and oxygen atoms in total. The molecule has 0 saturated carbocycles. The molecule has 1 saturated heterocycles. The van der Waals surface area contributed by atoms with Gasteiger partial charge in [0.2, 0.25) is 0 Å². The number of guanidine groups is 1. The SMILES string of the molecule is CCNC(=NCC(CC)CC)NC1CCN(c2ccccc2)CC1.I. The molecule has 25 heavy (non-hydrogen) atoms. The number of hydrogen-bond acceptors (Lipinski definition) is 2. The van der Waals surface area contributed by atoms with Crippen molar-refractivity contribution < 1.29 is 0 Å². The normalized spacial score (nSPS) is 15.8. The maximum absolute atomic E-state index is 4.81. The molecule has 142 valence electrons. The summed E-state index contributed by atoms with van der Waals surface area (Å²) in [5.74, 6) is 1.68. The first-order valence-corrected chi connectivity index (χ1v) is 9.61. The number of anilines is 1. The first-order valence-electron chi connectivity index (χ1n) is 9.61. The molecule has 1 aliphatic rings. The quantitative estimate of drug-likeness (QED) is 0.364. The van der Waals surface area contributed by atoms with E-state index in [1.807, 2.05) is 0 Å². The Morgan fingerprint density at radius 2 is 1.76 bits per heavy atom. The predicted octanol–water partition coefficient (Wildman–Crippen LogP) is 4.26. The maximum atomic E-state index is 4.81. The Hall–Kier alpha value is -0.980. The van der Waals surface area contributed by atoms with Gasteiger partial charge in [-0.25, -0.2) is 0 Å². The number of nitrogens with zero attached hydrogens (tertiary/aromatic N) is 2. The van der Waals surface area contributed by atoms with Gasteiger partial charge in [-0.05, 0) is 37.8 Å². The van der Waals surface area contributed by atoms with Crippen LogP contribution in [0.2, 0.25) is 0 Å². The number of aliphatic imine (C=N–C) groups is 1. The van der Waals surface area contributed by atoms with Crippen LogP contribution in [0, 0.1) is 5.92 Å². The van der Waals surface area contributed by atoms with E-state index in [0.717, 1.165) is 45.0 Å². The van der Waals surface area contributed by atoms with Crippen LogP contribution in [0.25, 0.3) is 0 Å². The summed E-state index contributed by atoms with van der Waals surface area (Å²) in [6.45, 7) is 10.7. The molecule has 5 heteroatoms. The van der Waals surface area contributed by atoms with Gasteiger partial charge in [-0.15, -0.1) is 24.0 Å². The highest BCUT2D eigenvalue weighted by Gasteiger charge is 2.20. The molecule has 1 aromatic rings. The van der Waals surface area contributed by atoms with Crippen molar-refractivity contribution in [3.05, 3.63) is 30.3 Å². The number of piperidine rings is 1. The van der Waals surface area contributed by atoms with Crippen molar-refractivity contribution in [1.29, 1.82) is 0 Å². The van der Waals surface area contributed by atoms with Crippen molar-refractivity contribution in [2.75, 3.05) is 31.1 Å². The van der Waals surface area contributed by atoms with Gasteiger partial charge in [-0.3, -0.25) is 4.99 Å². The lowest BCUT2D eigenvalue weighted by Crippen LogP contribution is -2.48. The Labute approximate surface area is 170 Å². The zero-order valence-electron chi connectivity index (χ0n) is 16.0. The largest absolute Gasteiger partial charge is 0.371 e. The molecule has 0 unspecified atom stereocenters. The average Bonchev–Trinajstić information content (AvgIpc) is 2.64. The highest BCUT2D eigenvalue weighted by atomic mass is 127. The second kappa shape index (κ2) is 12.4. The fourth-order valence-electron chi connectivity index (χ4n) is 3.20. The van der Waals surface area contributed by atoms with Crippen LogP contribution in [0.4, 0.5) is 5.69 Å². The minimum Gasteiger partial charge on any atom is -0.371 e. The summed E-state index contributed by atoms with van der Waals surface area (Å²) < 4.78 is 0. The van der Waals surface area contributed by atoms with E-state index in [0.29, 0.717) is 12.0 Å². The molecule has 1 aliphatic heterocycles. The Morgan fingerprint density at radius 1 is 1.12 bits per heavy atom. The zero-order valence-corrected chi connectivity index (χ0v) is 18.3. The van der Waals surface area contributed by atoms with Gasteiger partial charge in [-0.2, -0.15) is 0 Å². The van der Waals surface area contributed by atoms with Crippen LogP contribution in [-0.4, -0.2) is 38.2 Å². The van der Waals surface area contributed by atoms with Crippen LogP contribution < -0.4 is 15.5 Å². The molecule has 1 aromatic carbocycles. The minimum absolute atomic E-state index is 0. The maximum Gasteiger partial charge on any atom is 0.191 e. The molecule has 0 radical (unpaired) electrons. The summed E-state index contributed by atoms with van der Waals surface area (Å²) in [6, 6.07) is 11.2. The number of hydrogen-bond donors (Lipinski definition) is 2. The fourth-order valence-corrected chi connectivity index (χ4v) is 3.20.